The number of rotatable bonds is 3. The van der Waals surface area contributed by atoms with Gasteiger partial charge in [-0.15, -0.1) is 0 Å². The fraction of sp³-hybridized carbons (Fsp3) is 0.0588. The Kier molecular flexibility index (Phi) is 3.99. The predicted octanol–water partition coefficient (Wildman–Crippen LogP) is 3.33. The number of fused-ring (bicyclic) bond motifs is 1. The summed E-state index contributed by atoms with van der Waals surface area (Å²) >= 11 is 12.3. The molecule has 0 spiro atoms. The molecule has 2 aromatic carbocycles. The van der Waals surface area contributed by atoms with Crippen LogP contribution in [0.4, 0.5) is 0 Å². The number of hydrogen-bond acceptors (Lipinski definition) is 4. The first-order chi connectivity index (χ1) is 12.1. The molecule has 0 fully saturated rings. The average molecular weight is 372 g/mol. The molecule has 0 N–H and O–H groups in total. The number of para-hydroxylation sites is 1. The monoisotopic (exact) mass is 371 g/mol. The number of nitrogens with zero attached hydrogens (tertiary/aromatic N) is 5. The van der Waals surface area contributed by atoms with Crippen molar-refractivity contribution in [2.24, 2.45) is 0 Å². The van der Waals surface area contributed by atoms with Gasteiger partial charge in [0.2, 0.25) is 0 Å². The first-order valence-electron chi connectivity index (χ1n) is 7.41. The lowest BCUT2D eigenvalue weighted by atomic mass is 10.1. The van der Waals surface area contributed by atoms with Crippen molar-refractivity contribution in [3.8, 4) is 5.69 Å². The van der Waals surface area contributed by atoms with Gasteiger partial charge in [-0.05, 0) is 23.8 Å². The van der Waals surface area contributed by atoms with Crippen molar-refractivity contribution in [1.82, 2.24) is 24.3 Å². The summed E-state index contributed by atoms with van der Waals surface area (Å²) in [5.74, 6) is 0. The van der Waals surface area contributed by atoms with Crippen LogP contribution in [0.15, 0.2) is 60.2 Å². The lowest BCUT2D eigenvalue weighted by Crippen LogP contribution is -2.22. The molecule has 0 aliphatic rings. The number of hydrogen-bond donors (Lipinski definition) is 0. The molecule has 0 unspecified atom stereocenters. The third kappa shape index (κ3) is 2.79. The second kappa shape index (κ2) is 6.31. The van der Waals surface area contributed by atoms with E-state index in [4.69, 9.17) is 23.2 Å². The average Bonchev–Trinajstić information content (AvgIpc) is 3.15. The third-order valence-corrected chi connectivity index (χ3v) is 4.50. The minimum absolute atomic E-state index is 0.245. The maximum absolute atomic E-state index is 12.8. The van der Waals surface area contributed by atoms with Gasteiger partial charge in [-0.1, -0.05) is 41.4 Å². The zero-order chi connectivity index (χ0) is 17.4. The molecular formula is C17H11Cl2N5O. The topological polar surface area (TPSA) is 65.6 Å². The lowest BCUT2D eigenvalue weighted by Gasteiger charge is -2.12. The van der Waals surface area contributed by atoms with Gasteiger partial charge in [0, 0.05) is 0 Å². The second-order valence-corrected chi connectivity index (χ2v) is 6.21. The van der Waals surface area contributed by atoms with Crippen molar-refractivity contribution in [2.45, 2.75) is 6.54 Å². The summed E-state index contributed by atoms with van der Waals surface area (Å²) in [5.41, 5.74) is 1.89. The maximum Gasteiger partial charge on any atom is 0.263 e. The van der Waals surface area contributed by atoms with Gasteiger partial charge in [0.15, 0.2) is 0 Å². The molecule has 25 heavy (non-hydrogen) atoms. The van der Waals surface area contributed by atoms with Crippen LogP contribution in [0, 0.1) is 0 Å². The minimum Gasteiger partial charge on any atom is -0.294 e. The van der Waals surface area contributed by atoms with Gasteiger partial charge in [0.1, 0.15) is 12.7 Å². The molecule has 6 nitrogen and oxygen atoms in total. The highest BCUT2D eigenvalue weighted by Gasteiger charge is 2.13. The van der Waals surface area contributed by atoms with E-state index in [2.05, 4.69) is 15.1 Å². The van der Waals surface area contributed by atoms with Crippen molar-refractivity contribution >= 4 is 34.1 Å². The van der Waals surface area contributed by atoms with Crippen LogP contribution in [-0.2, 0) is 6.54 Å². The van der Waals surface area contributed by atoms with E-state index < -0.39 is 0 Å². The van der Waals surface area contributed by atoms with Crippen LogP contribution in [0.1, 0.15) is 5.56 Å². The highest BCUT2D eigenvalue weighted by Crippen LogP contribution is 2.25. The van der Waals surface area contributed by atoms with Crippen LogP contribution < -0.4 is 5.56 Å². The molecular weight excluding hydrogens is 361 g/mol. The highest BCUT2D eigenvalue weighted by molar-refractivity contribution is 6.39. The molecule has 0 aliphatic carbocycles. The zero-order valence-corrected chi connectivity index (χ0v) is 14.3. The molecule has 0 amide bonds. The molecule has 0 saturated carbocycles. The summed E-state index contributed by atoms with van der Waals surface area (Å²) in [4.78, 5) is 21.1. The predicted molar refractivity (Wildman–Crippen MR) is 96.5 cm³/mol. The summed E-state index contributed by atoms with van der Waals surface area (Å²) in [7, 11) is 0. The summed E-state index contributed by atoms with van der Waals surface area (Å²) < 4.78 is 3.15. The smallest absolute Gasteiger partial charge is 0.263 e. The Bertz CT molecular complexity index is 1120. The molecule has 2 heterocycles. The van der Waals surface area contributed by atoms with Crippen LogP contribution in [-0.4, -0.2) is 24.3 Å². The van der Waals surface area contributed by atoms with Gasteiger partial charge in [0.25, 0.3) is 5.56 Å². The van der Waals surface area contributed by atoms with E-state index in [9.17, 15) is 4.79 Å². The quantitative estimate of drug-likeness (QED) is 0.553. The van der Waals surface area contributed by atoms with Gasteiger partial charge in [-0.2, -0.15) is 5.10 Å². The maximum atomic E-state index is 12.8. The van der Waals surface area contributed by atoms with Crippen molar-refractivity contribution in [3.63, 3.8) is 0 Å². The van der Waals surface area contributed by atoms with Gasteiger partial charge < -0.3 is 0 Å². The molecule has 4 rings (SSSR count). The van der Waals surface area contributed by atoms with E-state index in [1.807, 2.05) is 24.3 Å². The summed E-state index contributed by atoms with van der Waals surface area (Å²) in [5, 5.41) is 5.19. The van der Waals surface area contributed by atoms with Crippen LogP contribution in [0.3, 0.4) is 0 Å². The van der Waals surface area contributed by atoms with Crippen molar-refractivity contribution in [1.29, 1.82) is 0 Å². The Hall–Kier alpha value is -2.70. The molecule has 2 aromatic heterocycles. The number of aromatic nitrogens is 5. The third-order valence-electron chi connectivity index (χ3n) is 3.88. The Balaban J connectivity index is 1.85. The summed E-state index contributed by atoms with van der Waals surface area (Å²) in [6.45, 7) is 0.320. The van der Waals surface area contributed by atoms with E-state index in [1.54, 1.807) is 23.1 Å². The first kappa shape index (κ1) is 15.8. The van der Waals surface area contributed by atoms with Gasteiger partial charge in [-0.25, -0.2) is 14.6 Å². The molecule has 8 heteroatoms. The van der Waals surface area contributed by atoms with Gasteiger partial charge in [0.05, 0.1) is 39.5 Å². The van der Waals surface area contributed by atoms with Crippen LogP contribution in [0.2, 0.25) is 10.0 Å². The van der Waals surface area contributed by atoms with E-state index in [0.717, 1.165) is 11.3 Å². The molecule has 4 aromatic rings. The van der Waals surface area contributed by atoms with Gasteiger partial charge in [-0.3, -0.25) is 9.36 Å². The second-order valence-electron chi connectivity index (χ2n) is 5.40. The van der Waals surface area contributed by atoms with Crippen molar-refractivity contribution in [3.05, 3.63) is 81.3 Å². The van der Waals surface area contributed by atoms with Crippen LogP contribution >= 0.6 is 23.2 Å². The number of halogens is 2. The van der Waals surface area contributed by atoms with Crippen LogP contribution in [0.5, 0.6) is 0 Å². The van der Waals surface area contributed by atoms with E-state index in [0.29, 0.717) is 27.5 Å². The Morgan fingerprint density at radius 3 is 2.60 bits per heavy atom. The molecule has 0 aliphatic heterocycles. The fourth-order valence-corrected chi connectivity index (χ4v) is 3.13. The highest BCUT2D eigenvalue weighted by atomic mass is 35.5. The molecule has 0 radical (unpaired) electrons. The van der Waals surface area contributed by atoms with E-state index in [-0.39, 0.29) is 5.56 Å². The van der Waals surface area contributed by atoms with E-state index in [1.165, 1.54) is 17.2 Å². The van der Waals surface area contributed by atoms with Gasteiger partial charge >= 0.3 is 0 Å². The Morgan fingerprint density at radius 1 is 1.00 bits per heavy atom. The fourth-order valence-electron chi connectivity index (χ4n) is 2.69. The SMILES string of the molecule is O=c1c2c(Cl)ccc(Cl)c2ncn1Cc1ccccc1-n1cncn1. The standard InChI is InChI=1S/C17H11Cl2N5O/c18-12-5-6-13(19)16-15(12)17(25)23(10-21-16)7-11-3-1-2-4-14(11)24-9-20-8-22-24/h1-6,8-10H,7H2. The molecule has 124 valence electrons. The lowest BCUT2D eigenvalue weighted by molar-refractivity contribution is 0.735. The molecule has 0 atom stereocenters. The van der Waals surface area contributed by atoms with E-state index >= 15 is 0 Å². The minimum atomic E-state index is -0.245. The largest absolute Gasteiger partial charge is 0.294 e. The van der Waals surface area contributed by atoms with Crippen molar-refractivity contribution < 1.29 is 0 Å². The summed E-state index contributed by atoms with van der Waals surface area (Å²) in [6, 6.07) is 10.9. The first-order valence-corrected chi connectivity index (χ1v) is 8.17. The number of benzene rings is 2. The van der Waals surface area contributed by atoms with Crippen LogP contribution in [0.25, 0.3) is 16.6 Å². The molecule has 0 saturated heterocycles. The van der Waals surface area contributed by atoms with Crippen molar-refractivity contribution in [2.75, 3.05) is 0 Å². The molecule has 0 bridgehead atoms. The Labute approximate surface area is 152 Å². The Morgan fingerprint density at radius 2 is 1.80 bits per heavy atom. The zero-order valence-electron chi connectivity index (χ0n) is 12.8. The summed E-state index contributed by atoms with van der Waals surface area (Å²) in [6.07, 6.45) is 4.55. The normalized spacial score (nSPS) is 11.1.